The first-order valence-electron chi connectivity index (χ1n) is 7.31. The summed E-state index contributed by atoms with van der Waals surface area (Å²) in [5, 5.41) is 13.2. The normalized spacial score (nSPS) is 17.8. The van der Waals surface area contributed by atoms with Gasteiger partial charge in [-0.1, -0.05) is 12.1 Å². The van der Waals surface area contributed by atoms with Gasteiger partial charge in [-0.3, -0.25) is 9.48 Å². The van der Waals surface area contributed by atoms with E-state index in [1.807, 2.05) is 0 Å². The lowest BCUT2D eigenvalue weighted by molar-refractivity contribution is 0.0175. The highest BCUT2D eigenvalue weighted by Gasteiger charge is 2.35. The molecule has 3 rings (SSSR count). The van der Waals surface area contributed by atoms with Gasteiger partial charge in [0.25, 0.3) is 11.8 Å². The molecule has 1 aromatic heterocycles. The summed E-state index contributed by atoms with van der Waals surface area (Å²) in [6, 6.07) is 5.15. The highest BCUT2D eigenvalue weighted by atomic mass is 19.3. The zero-order valence-electron chi connectivity index (χ0n) is 13.0. The molecule has 0 unspecified atom stereocenters. The molecule has 1 aliphatic heterocycles. The number of amides is 1. The lowest BCUT2D eigenvalue weighted by Gasteiger charge is -2.32. The van der Waals surface area contributed by atoms with Crippen molar-refractivity contribution in [1.82, 2.24) is 9.78 Å². The minimum Gasteiger partial charge on any atom is -0.478 e. The fourth-order valence-corrected chi connectivity index (χ4v) is 2.78. The van der Waals surface area contributed by atoms with Crippen molar-refractivity contribution in [3.05, 3.63) is 47.3 Å². The molecule has 0 aliphatic carbocycles. The zero-order chi connectivity index (χ0) is 17.6. The monoisotopic (exact) mass is 335 g/mol. The van der Waals surface area contributed by atoms with Crippen LogP contribution in [-0.2, 0) is 5.92 Å². The Kier molecular flexibility index (Phi) is 3.62. The van der Waals surface area contributed by atoms with E-state index in [-0.39, 0.29) is 29.4 Å². The molecule has 8 heteroatoms. The predicted octanol–water partition coefficient (Wildman–Crippen LogP) is 2.91. The number of hydrogen-bond acceptors (Lipinski definition) is 3. The van der Waals surface area contributed by atoms with Crippen molar-refractivity contribution in [2.45, 2.75) is 25.8 Å². The number of carboxylic acid groups (broad SMARTS) is 1. The molecule has 1 atom stereocenters. The fraction of sp³-hybridized carbons (Fsp3) is 0.312. The van der Waals surface area contributed by atoms with E-state index in [4.69, 9.17) is 0 Å². The van der Waals surface area contributed by atoms with E-state index in [1.165, 1.54) is 33.8 Å². The van der Waals surface area contributed by atoms with Crippen molar-refractivity contribution in [3.8, 4) is 0 Å². The third kappa shape index (κ3) is 2.53. The van der Waals surface area contributed by atoms with Crippen LogP contribution in [0.1, 0.15) is 46.3 Å². The Morgan fingerprint density at radius 2 is 1.96 bits per heavy atom. The Hall–Kier alpha value is -2.77. The summed E-state index contributed by atoms with van der Waals surface area (Å²) >= 11 is 0. The number of nitrogens with zero attached hydrogens (tertiary/aromatic N) is 3. The van der Waals surface area contributed by atoms with Gasteiger partial charge in [-0.15, -0.1) is 0 Å². The van der Waals surface area contributed by atoms with Gasteiger partial charge in [0, 0.05) is 24.7 Å². The summed E-state index contributed by atoms with van der Waals surface area (Å²) < 4.78 is 28.0. The molecule has 0 fully saturated rings. The number of aromatic carboxylic acids is 1. The molecule has 1 aliphatic rings. The van der Waals surface area contributed by atoms with Gasteiger partial charge in [-0.2, -0.15) is 5.10 Å². The van der Waals surface area contributed by atoms with E-state index >= 15 is 0 Å². The van der Waals surface area contributed by atoms with E-state index in [0.717, 1.165) is 13.1 Å². The van der Waals surface area contributed by atoms with Crippen LogP contribution in [0.15, 0.2) is 30.5 Å². The number of halogens is 2. The summed E-state index contributed by atoms with van der Waals surface area (Å²) in [5.41, 5.74) is 0.100. The highest BCUT2D eigenvalue weighted by Crippen LogP contribution is 2.31. The van der Waals surface area contributed by atoms with Gasteiger partial charge < -0.3 is 10.0 Å². The Bertz CT molecular complexity index is 809. The van der Waals surface area contributed by atoms with Crippen LogP contribution in [0.3, 0.4) is 0 Å². The van der Waals surface area contributed by atoms with Crippen LogP contribution in [-0.4, -0.2) is 33.3 Å². The maximum absolute atomic E-state index is 13.3. The second-order valence-corrected chi connectivity index (χ2v) is 5.86. The predicted molar refractivity (Wildman–Crippen MR) is 81.6 cm³/mol. The maximum atomic E-state index is 13.3. The molecule has 2 aromatic rings. The molecule has 0 saturated heterocycles. The first kappa shape index (κ1) is 16.1. The zero-order valence-corrected chi connectivity index (χ0v) is 13.0. The second-order valence-electron chi connectivity index (χ2n) is 5.86. The largest absolute Gasteiger partial charge is 0.478 e. The number of fused-ring (bicyclic) bond motifs is 1. The van der Waals surface area contributed by atoms with Crippen molar-refractivity contribution in [2.75, 3.05) is 11.4 Å². The number of anilines is 1. The van der Waals surface area contributed by atoms with E-state index in [0.29, 0.717) is 5.69 Å². The molecular weight excluding hydrogens is 320 g/mol. The van der Waals surface area contributed by atoms with E-state index < -0.39 is 17.8 Å². The van der Waals surface area contributed by atoms with E-state index in [1.54, 1.807) is 6.92 Å². The van der Waals surface area contributed by atoms with Gasteiger partial charge >= 0.3 is 5.97 Å². The quantitative estimate of drug-likeness (QED) is 0.936. The van der Waals surface area contributed by atoms with Crippen LogP contribution in [0, 0.1) is 0 Å². The molecule has 2 heterocycles. The molecule has 6 nitrogen and oxygen atoms in total. The molecule has 0 saturated carbocycles. The lowest BCUT2D eigenvalue weighted by Crippen LogP contribution is -2.43. The number of benzene rings is 1. The number of hydrogen-bond donors (Lipinski definition) is 1. The van der Waals surface area contributed by atoms with Gasteiger partial charge in [-0.25, -0.2) is 13.6 Å². The summed E-state index contributed by atoms with van der Waals surface area (Å²) in [6.07, 6.45) is 1.15. The molecule has 0 radical (unpaired) electrons. The van der Waals surface area contributed by atoms with Crippen LogP contribution in [0.25, 0.3) is 0 Å². The molecule has 1 N–H and O–H groups in total. The Labute approximate surface area is 136 Å². The number of rotatable bonds is 3. The number of alkyl halides is 2. The molecular formula is C16H15F2N3O3. The smallest absolute Gasteiger partial charge is 0.339 e. The lowest BCUT2D eigenvalue weighted by atomic mass is 10.1. The van der Waals surface area contributed by atoms with Crippen LogP contribution in [0.2, 0.25) is 0 Å². The minimum absolute atomic E-state index is 0.00820. The molecule has 24 heavy (non-hydrogen) atoms. The van der Waals surface area contributed by atoms with Crippen LogP contribution in [0.4, 0.5) is 14.5 Å². The first-order chi connectivity index (χ1) is 11.2. The van der Waals surface area contributed by atoms with Crippen molar-refractivity contribution in [1.29, 1.82) is 0 Å². The standard InChI is InChI=1S/C16H15F2N3O3/c1-9-8-20(11-5-3-10(4-6-11)16(2,17)18)14(22)13-12(15(23)24)7-19-21(9)13/h3-7,9H,8H2,1-2H3,(H,23,24)/t9-/m0/s1. The van der Waals surface area contributed by atoms with Gasteiger partial charge in [0.15, 0.2) is 0 Å². The summed E-state index contributed by atoms with van der Waals surface area (Å²) in [4.78, 5) is 25.3. The summed E-state index contributed by atoms with van der Waals surface area (Å²) in [6.45, 7) is 2.87. The molecule has 126 valence electrons. The van der Waals surface area contributed by atoms with Gasteiger partial charge in [0.05, 0.1) is 12.2 Å². The number of carbonyl (C=O) groups excluding carboxylic acids is 1. The fourth-order valence-electron chi connectivity index (χ4n) is 2.78. The van der Waals surface area contributed by atoms with Gasteiger partial charge in [0.1, 0.15) is 11.3 Å². The Morgan fingerprint density at radius 3 is 2.50 bits per heavy atom. The minimum atomic E-state index is -2.97. The van der Waals surface area contributed by atoms with E-state index in [9.17, 15) is 23.5 Å². The van der Waals surface area contributed by atoms with Crippen molar-refractivity contribution >= 4 is 17.6 Å². The molecule has 0 bridgehead atoms. The van der Waals surface area contributed by atoms with Crippen molar-refractivity contribution < 1.29 is 23.5 Å². The number of carboxylic acids is 1. The third-order valence-electron chi connectivity index (χ3n) is 4.02. The first-order valence-corrected chi connectivity index (χ1v) is 7.31. The van der Waals surface area contributed by atoms with Crippen LogP contribution in [0.5, 0.6) is 0 Å². The van der Waals surface area contributed by atoms with Gasteiger partial charge in [0.2, 0.25) is 0 Å². The topological polar surface area (TPSA) is 75.4 Å². The summed E-state index contributed by atoms with van der Waals surface area (Å²) in [5.74, 6) is -4.72. The SMILES string of the molecule is C[C@H]1CN(c2ccc(C(C)(F)F)cc2)C(=O)c2c(C(=O)O)cnn21. The summed E-state index contributed by atoms with van der Waals surface area (Å²) in [7, 11) is 0. The van der Waals surface area contributed by atoms with Crippen LogP contribution >= 0.6 is 0 Å². The van der Waals surface area contributed by atoms with E-state index in [2.05, 4.69) is 5.10 Å². The number of aromatic nitrogens is 2. The Balaban J connectivity index is 2.00. The second kappa shape index (κ2) is 5.40. The average molecular weight is 335 g/mol. The van der Waals surface area contributed by atoms with Crippen LogP contribution < -0.4 is 4.90 Å². The average Bonchev–Trinajstić information content (AvgIpc) is 2.96. The molecule has 1 amide bonds. The molecule has 0 spiro atoms. The molecule has 1 aromatic carbocycles. The maximum Gasteiger partial charge on any atom is 0.339 e. The number of carbonyl (C=O) groups is 2. The van der Waals surface area contributed by atoms with Gasteiger partial charge in [-0.05, 0) is 19.1 Å². The van der Waals surface area contributed by atoms with Crippen molar-refractivity contribution in [3.63, 3.8) is 0 Å². The van der Waals surface area contributed by atoms with Crippen molar-refractivity contribution in [2.24, 2.45) is 0 Å². The highest BCUT2D eigenvalue weighted by molar-refractivity contribution is 6.11. The third-order valence-corrected chi connectivity index (χ3v) is 4.02. The Morgan fingerprint density at radius 1 is 1.33 bits per heavy atom.